The molecule has 3 aromatic carbocycles. The lowest BCUT2D eigenvalue weighted by Crippen LogP contribution is -2.38. The molecule has 0 saturated carbocycles. The summed E-state index contributed by atoms with van der Waals surface area (Å²) >= 11 is 4.75. The van der Waals surface area contributed by atoms with Gasteiger partial charge in [-0.3, -0.25) is 19.5 Å². The van der Waals surface area contributed by atoms with Gasteiger partial charge >= 0.3 is 0 Å². The predicted molar refractivity (Wildman–Crippen MR) is 158 cm³/mol. The van der Waals surface area contributed by atoms with Gasteiger partial charge in [-0.1, -0.05) is 65.9 Å². The Morgan fingerprint density at radius 1 is 1.00 bits per heavy atom. The van der Waals surface area contributed by atoms with Gasteiger partial charge in [0.2, 0.25) is 0 Å². The number of halogens is 1. The summed E-state index contributed by atoms with van der Waals surface area (Å²) < 4.78 is 8.95. The van der Waals surface area contributed by atoms with E-state index in [4.69, 9.17) is 9.41 Å². The van der Waals surface area contributed by atoms with Crippen LogP contribution in [0, 0.1) is 10.1 Å². The van der Waals surface area contributed by atoms with Crippen LogP contribution < -0.4 is 14.9 Å². The Bertz CT molecular complexity index is 2040. The second kappa shape index (κ2) is 9.69. The van der Waals surface area contributed by atoms with Gasteiger partial charge in [0.25, 0.3) is 11.2 Å². The van der Waals surface area contributed by atoms with Gasteiger partial charge in [0.15, 0.2) is 4.80 Å². The van der Waals surface area contributed by atoms with E-state index in [1.807, 2.05) is 28.8 Å². The van der Waals surface area contributed by atoms with E-state index in [1.165, 1.54) is 29.0 Å². The van der Waals surface area contributed by atoms with Crippen molar-refractivity contribution >= 4 is 44.7 Å². The van der Waals surface area contributed by atoms with Crippen molar-refractivity contribution in [3.05, 3.63) is 147 Å². The first kappa shape index (κ1) is 24.7. The third kappa shape index (κ3) is 4.09. The van der Waals surface area contributed by atoms with Crippen LogP contribution in [0.1, 0.15) is 34.9 Å². The number of fused-ring (bicyclic) bond motifs is 3. The molecule has 1 atom stereocenters. The average molecular weight is 610 g/mol. The zero-order valence-corrected chi connectivity index (χ0v) is 23.3. The lowest BCUT2D eigenvalue weighted by molar-refractivity contribution is -0.384. The van der Waals surface area contributed by atoms with Crippen LogP contribution in [0.4, 0.5) is 5.69 Å². The molecular weight excluding hydrogens is 590 g/mol. The van der Waals surface area contributed by atoms with Crippen LogP contribution in [0.3, 0.4) is 0 Å². The molecule has 0 fully saturated rings. The summed E-state index contributed by atoms with van der Waals surface area (Å²) in [6, 6.07) is 26.4. The van der Waals surface area contributed by atoms with E-state index in [9.17, 15) is 14.9 Å². The van der Waals surface area contributed by atoms with Crippen LogP contribution >= 0.6 is 27.3 Å². The normalized spacial score (nSPS) is 16.2. The highest BCUT2D eigenvalue weighted by atomic mass is 79.9. The number of furan rings is 1. The molecule has 1 aliphatic carbocycles. The van der Waals surface area contributed by atoms with Crippen LogP contribution in [0.15, 0.2) is 109 Å². The van der Waals surface area contributed by atoms with Crippen LogP contribution in [-0.4, -0.2) is 9.49 Å². The van der Waals surface area contributed by atoms with E-state index < -0.39 is 4.92 Å². The van der Waals surface area contributed by atoms with Crippen molar-refractivity contribution in [3.63, 3.8) is 0 Å². The zero-order valence-electron chi connectivity index (χ0n) is 20.9. The smallest absolute Gasteiger partial charge is 0.271 e. The van der Waals surface area contributed by atoms with E-state index in [-0.39, 0.29) is 17.3 Å². The Morgan fingerprint density at radius 3 is 2.60 bits per heavy atom. The first-order valence-corrected chi connectivity index (χ1v) is 14.3. The van der Waals surface area contributed by atoms with E-state index in [2.05, 4.69) is 46.3 Å². The minimum Gasteiger partial charge on any atom is -0.457 e. The van der Waals surface area contributed by atoms with Gasteiger partial charge in [-0.2, -0.15) is 0 Å². The molecule has 0 amide bonds. The Balaban J connectivity index is 1.36. The molecule has 9 heteroatoms. The SMILES string of the molecule is O=c1/c(=C/c2ccc(-c3ccc([N+](=O)[O-])cc3Br)o2)sc2n1[C@@H](c1ccccc1)C1=C(N=2)c2ccccc2CC1. The fourth-order valence-electron chi connectivity index (χ4n) is 5.48. The van der Waals surface area contributed by atoms with Crippen LogP contribution in [0.2, 0.25) is 0 Å². The maximum absolute atomic E-state index is 13.9. The lowest BCUT2D eigenvalue weighted by atomic mass is 9.83. The second-order valence-electron chi connectivity index (χ2n) is 9.65. The van der Waals surface area contributed by atoms with Crippen molar-refractivity contribution < 1.29 is 9.34 Å². The minimum absolute atomic E-state index is 0.0122. The van der Waals surface area contributed by atoms with Crippen LogP contribution in [-0.2, 0) is 6.42 Å². The Morgan fingerprint density at radius 2 is 1.80 bits per heavy atom. The monoisotopic (exact) mass is 609 g/mol. The van der Waals surface area contributed by atoms with Crippen molar-refractivity contribution in [2.24, 2.45) is 4.99 Å². The highest BCUT2D eigenvalue weighted by Gasteiger charge is 2.32. The van der Waals surface area contributed by atoms with Crippen molar-refractivity contribution in [2.45, 2.75) is 18.9 Å². The van der Waals surface area contributed by atoms with E-state index in [1.54, 1.807) is 24.3 Å². The highest BCUT2D eigenvalue weighted by Crippen LogP contribution is 2.41. The molecule has 2 aromatic heterocycles. The van der Waals surface area contributed by atoms with Crippen molar-refractivity contribution in [3.8, 4) is 11.3 Å². The Hall–Kier alpha value is -4.34. The minimum atomic E-state index is -0.443. The zero-order chi connectivity index (χ0) is 27.4. The summed E-state index contributed by atoms with van der Waals surface area (Å²) in [5.41, 5.74) is 6.14. The molecule has 0 unspecified atom stereocenters. The summed E-state index contributed by atoms with van der Waals surface area (Å²) in [5.74, 6) is 1.05. The van der Waals surface area contributed by atoms with Crippen molar-refractivity contribution in [1.29, 1.82) is 0 Å². The lowest BCUT2D eigenvalue weighted by Gasteiger charge is -2.30. The standard InChI is InChI=1S/C31H20BrN3O4S/c32-25-16-20(35(37)38)11-14-23(25)26-15-12-21(39-26)17-27-30(36)34-29(19-7-2-1-3-8-19)24-13-10-18-6-4-5-9-22(18)28(24)33-31(34)40-27/h1-9,11-12,14-17,29H,10,13H2/b27-17-/t29-/m0/s1. The van der Waals surface area contributed by atoms with Gasteiger partial charge in [0, 0.05) is 33.8 Å². The molecule has 3 heterocycles. The molecule has 7 rings (SSSR count). The van der Waals surface area contributed by atoms with Gasteiger partial charge in [0.1, 0.15) is 11.5 Å². The topological polar surface area (TPSA) is 90.6 Å². The molecular formula is C31H20BrN3O4S. The number of hydrogen-bond donors (Lipinski definition) is 0. The number of nitrogens with zero attached hydrogens (tertiary/aromatic N) is 3. The average Bonchev–Trinajstić information content (AvgIpc) is 3.56. The molecule has 0 spiro atoms. The summed E-state index contributed by atoms with van der Waals surface area (Å²) in [6.45, 7) is 0. The Labute approximate surface area is 240 Å². The number of aromatic nitrogens is 1. The number of nitro groups is 1. The van der Waals surface area contributed by atoms with Gasteiger partial charge in [-0.05, 0) is 63.7 Å². The van der Waals surface area contributed by atoms with Gasteiger partial charge in [-0.25, -0.2) is 4.99 Å². The predicted octanol–water partition coefficient (Wildman–Crippen LogP) is 6.25. The maximum atomic E-state index is 13.9. The number of thiazole rings is 1. The third-order valence-corrected chi connectivity index (χ3v) is 8.96. The first-order chi connectivity index (χ1) is 19.5. The van der Waals surface area contributed by atoms with Gasteiger partial charge < -0.3 is 4.42 Å². The number of hydrogen-bond acceptors (Lipinski definition) is 6. The fraction of sp³-hybridized carbons (Fsp3) is 0.0968. The number of non-ortho nitro benzene ring substituents is 1. The van der Waals surface area contributed by atoms with E-state index in [0.29, 0.717) is 30.9 Å². The van der Waals surface area contributed by atoms with E-state index in [0.717, 1.165) is 35.2 Å². The van der Waals surface area contributed by atoms with Gasteiger partial charge in [-0.15, -0.1) is 0 Å². The molecule has 40 heavy (non-hydrogen) atoms. The summed E-state index contributed by atoms with van der Waals surface area (Å²) in [4.78, 5) is 30.3. The largest absolute Gasteiger partial charge is 0.457 e. The van der Waals surface area contributed by atoms with Crippen molar-refractivity contribution in [1.82, 2.24) is 4.57 Å². The number of benzene rings is 3. The molecule has 7 nitrogen and oxygen atoms in total. The summed E-state index contributed by atoms with van der Waals surface area (Å²) in [6.07, 6.45) is 3.49. The number of rotatable bonds is 4. The third-order valence-electron chi connectivity index (χ3n) is 7.32. The Kier molecular flexibility index (Phi) is 5.98. The molecule has 0 N–H and O–H groups in total. The van der Waals surface area contributed by atoms with Crippen LogP contribution in [0.25, 0.3) is 23.1 Å². The highest BCUT2D eigenvalue weighted by molar-refractivity contribution is 9.10. The molecule has 2 aliphatic rings. The van der Waals surface area contributed by atoms with Gasteiger partial charge in [0.05, 0.1) is 21.2 Å². The molecule has 0 saturated heterocycles. The molecule has 0 bridgehead atoms. The molecule has 1 aliphatic heterocycles. The molecule has 196 valence electrons. The maximum Gasteiger partial charge on any atom is 0.271 e. The molecule has 5 aromatic rings. The van der Waals surface area contributed by atoms with E-state index >= 15 is 0 Å². The van der Waals surface area contributed by atoms with Crippen molar-refractivity contribution in [2.75, 3.05) is 0 Å². The molecule has 0 radical (unpaired) electrons. The summed E-state index contributed by atoms with van der Waals surface area (Å²) in [5, 5.41) is 11.1. The summed E-state index contributed by atoms with van der Waals surface area (Å²) in [7, 11) is 0. The number of allylic oxidation sites excluding steroid dienone is 1. The fourth-order valence-corrected chi connectivity index (χ4v) is 7.02. The number of nitro benzene ring substituents is 1. The second-order valence-corrected chi connectivity index (χ2v) is 11.5. The van der Waals surface area contributed by atoms with Crippen LogP contribution in [0.5, 0.6) is 0 Å². The number of aryl methyl sites for hydroxylation is 1. The first-order valence-electron chi connectivity index (χ1n) is 12.7. The quantitative estimate of drug-likeness (QED) is 0.178.